The standard InChI is InChI=1S/C21H20N3O7P/c25-17-11-12-24(21(26)23-17)20-19-18(29-19)16(28-20)13-22-32(27,30-14-7-3-1-4-8-14)31-15-9-5-2-6-10-15/h1-12,16,18-20H,13H2,(H,22,27)(H,23,25,26)/t16-,18+,19+,20-/m1/s1. The number of para-hydroxylation sites is 2. The molecule has 10 nitrogen and oxygen atoms in total. The molecule has 2 aromatic carbocycles. The van der Waals surface area contributed by atoms with Crippen LogP contribution in [0.5, 0.6) is 11.5 Å². The first-order valence-corrected chi connectivity index (χ1v) is 11.5. The van der Waals surface area contributed by atoms with E-state index in [1.165, 1.54) is 16.8 Å². The Bertz CT molecular complexity index is 1200. The van der Waals surface area contributed by atoms with Crippen molar-refractivity contribution >= 4 is 7.75 Å². The number of hydrogen-bond acceptors (Lipinski definition) is 7. The zero-order valence-corrected chi connectivity index (χ0v) is 17.6. The summed E-state index contributed by atoms with van der Waals surface area (Å²) in [5, 5.41) is 2.85. The number of nitrogens with one attached hydrogen (secondary N) is 2. The fraction of sp³-hybridized carbons (Fsp3) is 0.238. The summed E-state index contributed by atoms with van der Waals surface area (Å²) in [5.41, 5.74) is -1.08. The lowest BCUT2D eigenvalue weighted by Gasteiger charge is -2.23. The molecule has 2 N–H and O–H groups in total. The van der Waals surface area contributed by atoms with Gasteiger partial charge in [0.25, 0.3) is 5.56 Å². The van der Waals surface area contributed by atoms with Gasteiger partial charge in [0.05, 0.1) is 0 Å². The van der Waals surface area contributed by atoms with E-state index in [9.17, 15) is 14.2 Å². The van der Waals surface area contributed by atoms with E-state index in [4.69, 9.17) is 18.5 Å². The highest BCUT2D eigenvalue weighted by molar-refractivity contribution is 7.52. The monoisotopic (exact) mass is 457 g/mol. The molecule has 0 bridgehead atoms. The van der Waals surface area contributed by atoms with Gasteiger partial charge in [-0.2, -0.15) is 5.09 Å². The first kappa shape index (κ1) is 20.7. The highest BCUT2D eigenvalue weighted by Gasteiger charge is 2.59. The largest absolute Gasteiger partial charge is 0.512 e. The van der Waals surface area contributed by atoms with Gasteiger partial charge >= 0.3 is 13.4 Å². The maximum atomic E-state index is 13.5. The predicted octanol–water partition coefficient (Wildman–Crippen LogP) is 2.06. The van der Waals surface area contributed by atoms with Gasteiger partial charge in [0.2, 0.25) is 0 Å². The van der Waals surface area contributed by atoms with E-state index in [0.29, 0.717) is 11.5 Å². The molecule has 2 aliphatic rings. The van der Waals surface area contributed by atoms with Crippen molar-refractivity contribution in [1.29, 1.82) is 0 Å². The Morgan fingerprint density at radius 1 is 0.906 bits per heavy atom. The minimum Gasteiger partial charge on any atom is -0.405 e. The van der Waals surface area contributed by atoms with Crippen LogP contribution in [0.4, 0.5) is 0 Å². The summed E-state index contributed by atoms with van der Waals surface area (Å²) in [4.78, 5) is 25.6. The van der Waals surface area contributed by atoms with Crippen LogP contribution in [-0.4, -0.2) is 34.4 Å². The molecule has 3 aromatic rings. The number of benzene rings is 2. The lowest BCUT2D eigenvalue weighted by Crippen LogP contribution is -2.35. The Kier molecular flexibility index (Phi) is 5.44. The number of ether oxygens (including phenoxy) is 2. The van der Waals surface area contributed by atoms with Gasteiger partial charge in [-0.25, -0.2) is 9.36 Å². The second-order valence-electron chi connectivity index (χ2n) is 7.32. The highest BCUT2D eigenvalue weighted by Crippen LogP contribution is 2.47. The van der Waals surface area contributed by atoms with Crippen molar-refractivity contribution in [2.75, 3.05) is 6.54 Å². The molecule has 0 aliphatic carbocycles. The molecule has 166 valence electrons. The van der Waals surface area contributed by atoms with Crippen LogP contribution >= 0.6 is 7.75 Å². The summed E-state index contributed by atoms with van der Waals surface area (Å²) in [6.45, 7) is 0.0900. The lowest BCUT2D eigenvalue weighted by molar-refractivity contribution is -0.0660. The molecule has 1 aromatic heterocycles. The molecule has 0 unspecified atom stereocenters. The lowest BCUT2D eigenvalue weighted by atomic mass is 10.2. The van der Waals surface area contributed by atoms with Crippen molar-refractivity contribution in [2.24, 2.45) is 0 Å². The summed E-state index contributed by atoms with van der Waals surface area (Å²) in [6.07, 6.45) is -0.456. The quantitative estimate of drug-likeness (QED) is 0.389. The molecular weight excluding hydrogens is 437 g/mol. The SMILES string of the molecule is O=c1ccn([C@@H]2O[C@H](CNP(=O)(Oc3ccccc3)Oc3ccccc3)[C@@H]3O[C@@H]32)c(=O)[nH]1. The molecule has 32 heavy (non-hydrogen) atoms. The fourth-order valence-corrected chi connectivity index (χ4v) is 4.91. The third-order valence-corrected chi connectivity index (χ3v) is 6.54. The minimum absolute atomic E-state index is 0.0900. The molecule has 2 aliphatic heterocycles. The van der Waals surface area contributed by atoms with Gasteiger partial charge < -0.3 is 18.5 Å². The van der Waals surface area contributed by atoms with Gasteiger partial charge in [-0.1, -0.05) is 36.4 Å². The van der Waals surface area contributed by atoms with Gasteiger partial charge in [-0.15, -0.1) is 0 Å². The second kappa shape index (κ2) is 8.40. The number of rotatable bonds is 8. The van der Waals surface area contributed by atoms with Crippen LogP contribution in [0.3, 0.4) is 0 Å². The van der Waals surface area contributed by atoms with Crippen molar-refractivity contribution in [2.45, 2.75) is 24.5 Å². The molecule has 2 fully saturated rings. The van der Waals surface area contributed by atoms with Gasteiger partial charge in [-0.3, -0.25) is 14.3 Å². The first-order valence-electron chi connectivity index (χ1n) is 9.98. The number of epoxide rings is 1. The van der Waals surface area contributed by atoms with Crippen molar-refractivity contribution < 1.29 is 23.1 Å². The zero-order valence-electron chi connectivity index (χ0n) is 16.7. The van der Waals surface area contributed by atoms with Crippen molar-refractivity contribution in [3.63, 3.8) is 0 Å². The number of H-pyrrole nitrogens is 1. The molecule has 0 spiro atoms. The smallest absolute Gasteiger partial charge is 0.405 e. The fourth-order valence-electron chi connectivity index (χ4n) is 3.54. The third-order valence-electron chi connectivity index (χ3n) is 5.07. The molecule has 0 amide bonds. The topological polar surface area (TPSA) is 124 Å². The summed E-state index contributed by atoms with van der Waals surface area (Å²) < 4.78 is 37.8. The number of aromatic nitrogens is 2. The Balaban J connectivity index is 1.31. The Morgan fingerprint density at radius 3 is 2.12 bits per heavy atom. The summed E-state index contributed by atoms with van der Waals surface area (Å²) in [6, 6.07) is 18.6. The maximum absolute atomic E-state index is 13.5. The molecule has 3 heterocycles. The van der Waals surface area contributed by atoms with Gasteiger partial charge in [0, 0.05) is 18.8 Å². The number of hydrogen-bond donors (Lipinski definition) is 2. The Hall–Kier alpha value is -3.17. The molecule has 4 atom stereocenters. The van der Waals surface area contributed by atoms with Crippen LogP contribution in [-0.2, 0) is 14.0 Å². The second-order valence-corrected chi connectivity index (χ2v) is 8.99. The van der Waals surface area contributed by atoms with Crippen molar-refractivity contribution in [3.05, 3.63) is 93.8 Å². The van der Waals surface area contributed by atoms with Gasteiger partial charge in [0.15, 0.2) is 6.23 Å². The molecule has 11 heteroatoms. The molecule has 2 saturated heterocycles. The summed E-state index contributed by atoms with van der Waals surface area (Å²) >= 11 is 0. The van der Waals surface area contributed by atoms with Crippen molar-refractivity contribution in [1.82, 2.24) is 14.6 Å². The van der Waals surface area contributed by atoms with E-state index in [-0.39, 0.29) is 18.8 Å². The Morgan fingerprint density at radius 2 is 1.53 bits per heavy atom. The van der Waals surface area contributed by atoms with E-state index < -0.39 is 31.3 Å². The average Bonchev–Trinajstić information content (AvgIpc) is 3.49. The molecule has 5 rings (SSSR count). The van der Waals surface area contributed by atoms with E-state index in [1.54, 1.807) is 48.5 Å². The van der Waals surface area contributed by atoms with E-state index >= 15 is 0 Å². The van der Waals surface area contributed by atoms with E-state index in [0.717, 1.165) is 0 Å². The highest BCUT2D eigenvalue weighted by atomic mass is 31.2. The molecule has 0 saturated carbocycles. The van der Waals surface area contributed by atoms with Crippen LogP contribution < -0.4 is 25.4 Å². The van der Waals surface area contributed by atoms with Crippen LogP contribution in [0.25, 0.3) is 0 Å². The number of aromatic amines is 1. The number of nitrogens with zero attached hydrogens (tertiary/aromatic N) is 1. The van der Waals surface area contributed by atoms with Gasteiger partial charge in [0.1, 0.15) is 29.8 Å². The van der Waals surface area contributed by atoms with Crippen LogP contribution in [0.15, 0.2) is 82.5 Å². The van der Waals surface area contributed by atoms with E-state index in [1.807, 2.05) is 12.1 Å². The zero-order chi connectivity index (χ0) is 22.1. The van der Waals surface area contributed by atoms with Crippen molar-refractivity contribution in [3.8, 4) is 11.5 Å². The average molecular weight is 457 g/mol. The Labute approximate surface area is 182 Å². The van der Waals surface area contributed by atoms with Crippen LogP contribution in [0.2, 0.25) is 0 Å². The normalized spacial score (nSPS) is 24.0. The molecule has 0 radical (unpaired) electrons. The maximum Gasteiger partial charge on any atom is 0.512 e. The first-order chi connectivity index (χ1) is 15.5. The third kappa shape index (κ3) is 4.39. The predicted molar refractivity (Wildman–Crippen MR) is 114 cm³/mol. The van der Waals surface area contributed by atoms with Crippen LogP contribution in [0.1, 0.15) is 6.23 Å². The number of fused-ring (bicyclic) bond motifs is 1. The van der Waals surface area contributed by atoms with Gasteiger partial charge in [-0.05, 0) is 24.3 Å². The van der Waals surface area contributed by atoms with E-state index in [2.05, 4.69) is 10.1 Å². The minimum atomic E-state index is -3.83. The molecular formula is C21H20N3O7P. The van der Waals surface area contributed by atoms with Crippen LogP contribution in [0, 0.1) is 0 Å². The summed E-state index contributed by atoms with van der Waals surface area (Å²) in [5.74, 6) is 0.759. The summed E-state index contributed by atoms with van der Waals surface area (Å²) in [7, 11) is -3.83.